The SMILES string of the molecule is CC(C)C(=O)N[C@@H](CCC(=O)O)C(N)=O. The highest BCUT2D eigenvalue weighted by Crippen LogP contribution is 1.99. The molecule has 0 heterocycles. The van der Waals surface area contributed by atoms with Crippen LogP contribution in [0.2, 0.25) is 0 Å². The molecule has 0 aromatic rings. The number of carbonyl (C=O) groups excluding carboxylic acids is 2. The van der Waals surface area contributed by atoms with Gasteiger partial charge in [-0.2, -0.15) is 0 Å². The molecule has 0 saturated heterocycles. The monoisotopic (exact) mass is 216 g/mol. The lowest BCUT2D eigenvalue weighted by Gasteiger charge is -2.15. The summed E-state index contributed by atoms with van der Waals surface area (Å²) in [6, 6.07) is -0.906. The average molecular weight is 216 g/mol. The van der Waals surface area contributed by atoms with Crippen molar-refractivity contribution in [1.82, 2.24) is 5.32 Å². The van der Waals surface area contributed by atoms with Crippen molar-refractivity contribution in [3.63, 3.8) is 0 Å². The van der Waals surface area contributed by atoms with Gasteiger partial charge < -0.3 is 16.2 Å². The minimum atomic E-state index is -1.03. The smallest absolute Gasteiger partial charge is 0.303 e. The number of carboxylic acids is 1. The molecule has 0 rings (SSSR count). The summed E-state index contributed by atoms with van der Waals surface area (Å²) in [6.45, 7) is 3.34. The molecule has 0 aliphatic rings. The Bertz CT molecular complexity index is 263. The molecule has 15 heavy (non-hydrogen) atoms. The van der Waals surface area contributed by atoms with Crippen molar-refractivity contribution in [2.75, 3.05) is 0 Å². The van der Waals surface area contributed by atoms with E-state index in [-0.39, 0.29) is 24.7 Å². The number of rotatable bonds is 6. The van der Waals surface area contributed by atoms with Crippen LogP contribution in [0, 0.1) is 5.92 Å². The second-order valence-corrected chi connectivity index (χ2v) is 3.55. The van der Waals surface area contributed by atoms with Crippen molar-refractivity contribution >= 4 is 17.8 Å². The lowest BCUT2D eigenvalue weighted by atomic mass is 10.1. The van der Waals surface area contributed by atoms with Crippen molar-refractivity contribution in [1.29, 1.82) is 0 Å². The zero-order chi connectivity index (χ0) is 12.0. The van der Waals surface area contributed by atoms with Gasteiger partial charge >= 0.3 is 5.97 Å². The van der Waals surface area contributed by atoms with Gasteiger partial charge in [0.1, 0.15) is 6.04 Å². The van der Waals surface area contributed by atoms with Crippen molar-refractivity contribution in [2.45, 2.75) is 32.7 Å². The van der Waals surface area contributed by atoms with E-state index >= 15 is 0 Å². The first-order chi connectivity index (χ1) is 6.84. The summed E-state index contributed by atoms with van der Waals surface area (Å²) >= 11 is 0. The van der Waals surface area contributed by atoms with Crippen molar-refractivity contribution < 1.29 is 19.5 Å². The number of nitrogens with one attached hydrogen (secondary N) is 1. The third-order valence-corrected chi connectivity index (χ3v) is 1.83. The molecular weight excluding hydrogens is 200 g/mol. The Balaban J connectivity index is 4.22. The van der Waals surface area contributed by atoms with Gasteiger partial charge in [0.2, 0.25) is 11.8 Å². The van der Waals surface area contributed by atoms with E-state index in [4.69, 9.17) is 10.8 Å². The predicted molar refractivity (Wildman–Crippen MR) is 52.8 cm³/mol. The Kier molecular flexibility index (Phi) is 5.36. The molecule has 1 atom stereocenters. The van der Waals surface area contributed by atoms with E-state index in [1.807, 2.05) is 0 Å². The highest BCUT2D eigenvalue weighted by Gasteiger charge is 2.20. The first-order valence-corrected chi connectivity index (χ1v) is 4.66. The maximum absolute atomic E-state index is 11.2. The zero-order valence-electron chi connectivity index (χ0n) is 8.82. The van der Waals surface area contributed by atoms with Gasteiger partial charge in [-0.15, -0.1) is 0 Å². The molecule has 6 nitrogen and oxygen atoms in total. The van der Waals surface area contributed by atoms with E-state index in [0.29, 0.717) is 0 Å². The Labute approximate surface area is 87.8 Å². The van der Waals surface area contributed by atoms with Crippen LogP contribution in [0.15, 0.2) is 0 Å². The summed E-state index contributed by atoms with van der Waals surface area (Å²) in [5.41, 5.74) is 5.02. The average Bonchev–Trinajstić information content (AvgIpc) is 2.10. The fourth-order valence-electron chi connectivity index (χ4n) is 0.892. The van der Waals surface area contributed by atoms with Crippen LogP contribution in [-0.4, -0.2) is 28.9 Å². The molecule has 0 unspecified atom stereocenters. The number of amides is 2. The number of nitrogens with two attached hydrogens (primary N) is 1. The highest BCUT2D eigenvalue weighted by atomic mass is 16.4. The van der Waals surface area contributed by atoms with E-state index in [2.05, 4.69) is 5.32 Å². The molecule has 0 spiro atoms. The molecule has 0 saturated carbocycles. The second-order valence-electron chi connectivity index (χ2n) is 3.55. The van der Waals surface area contributed by atoms with E-state index in [0.717, 1.165) is 0 Å². The summed E-state index contributed by atoms with van der Waals surface area (Å²) < 4.78 is 0. The third-order valence-electron chi connectivity index (χ3n) is 1.83. The van der Waals surface area contributed by atoms with Crippen LogP contribution >= 0.6 is 0 Å². The first-order valence-electron chi connectivity index (χ1n) is 4.66. The standard InChI is InChI=1S/C9H16N2O4/c1-5(2)9(15)11-6(8(10)14)3-4-7(12)13/h5-6H,3-4H2,1-2H3,(H2,10,14)(H,11,15)(H,12,13)/t6-/m0/s1. The van der Waals surface area contributed by atoms with Crippen molar-refractivity contribution in [3.05, 3.63) is 0 Å². The molecule has 0 fully saturated rings. The lowest BCUT2D eigenvalue weighted by Crippen LogP contribution is -2.46. The molecule has 4 N–H and O–H groups in total. The second kappa shape index (κ2) is 6.00. The molecule has 0 bridgehead atoms. The van der Waals surface area contributed by atoms with Gasteiger partial charge in [-0.3, -0.25) is 14.4 Å². The topological polar surface area (TPSA) is 109 Å². The molecule has 2 amide bonds. The van der Waals surface area contributed by atoms with Crippen LogP contribution in [0.5, 0.6) is 0 Å². The maximum Gasteiger partial charge on any atom is 0.303 e. The summed E-state index contributed by atoms with van der Waals surface area (Å²) in [4.78, 5) is 32.4. The van der Waals surface area contributed by atoms with Gasteiger partial charge in [0.05, 0.1) is 0 Å². The van der Waals surface area contributed by atoms with Crippen molar-refractivity contribution in [3.8, 4) is 0 Å². The largest absolute Gasteiger partial charge is 0.481 e. The van der Waals surface area contributed by atoms with E-state index in [9.17, 15) is 14.4 Å². The van der Waals surface area contributed by atoms with E-state index in [1.165, 1.54) is 0 Å². The van der Waals surface area contributed by atoms with Crippen LogP contribution in [0.3, 0.4) is 0 Å². The fraction of sp³-hybridized carbons (Fsp3) is 0.667. The summed E-state index contributed by atoms with van der Waals surface area (Å²) in [5, 5.41) is 10.8. The fourth-order valence-corrected chi connectivity index (χ4v) is 0.892. The number of carbonyl (C=O) groups is 3. The Morgan fingerprint density at radius 2 is 1.87 bits per heavy atom. The molecule has 0 aromatic carbocycles. The molecule has 0 aromatic heterocycles. The minimum absolute atomic E-state index is 0.0170. The molecule has 0 radical (unpaired) electrons. The van der Waals surface area contributed by atoms with Gasteiger partial charge in [-0.05, 0) is 6.42 Å². The third kappa shape index (κ3) is 5.66. The quantitative estimate of drug-likeness (QED) is 0.554. The number of hydrogen-bond donors (Lipinski definition) is 3. The maximum atomic E-state index is 11.2. The molecular formula is C9H16N2O4. The highest BCUT2D eigenvalue weighted by molar-refractivity contribution is 5.87. The Morgan fingerprint density at radius 3 is 2.20 bits per heavy atom. The number of aliphatic carboxylic acids is 1. The minimum Gasteiger partial charge on any atom is -0.481 e. The van der Waals surface area contributed by atoms with Crippen molar-refractivity contribution in [2.24, 2.45) is 11.7 Å². The van der Waals surface area contributed by atoms with Gasteiger partial charge in [0, 0.05) is 12.3 Å². The van der Waals surface area contributed by atoms with Gasteiger partial charge in [-0.1, -0.05) is 13.8 Å². The summed E-state index contributed by atoms with van der Waals surface area (Å²) in [5.74, 6) is -2.33. The first kappa shape index (κ1) is 13.4. The Hall–Kier alpha value is -1.59. The van der Waals surface area contributed by atoms with Gasteiger partial charge in [0.15, 0.2) is 0 Å². The molecule has 0 aliphatic heterocycles. The van der Waals surface area contributed by atoms with Gasteiger partial charge in [0.25, 0.3) is 0 Å². The van der Waals surface area contributed by atoms with Crippen LogP contribution in [-0.2, 0) is 14.4 Å². The number of primary amides is 1. The van der Waals surface area contributed by atoms with Crippen LogP contribution < -0.4 is 11.1 Å². The van der Waals surface area contributed by atoms with Crippen LogP contribution in [0.4, 0.5) is 0 Å². The van der Waals surface area contributed by atoms with Crippen LogP contribution in [0.1, 0.15) is 26.7 Å². The van der Waals surface area contributed by atoms with Crippen LogP contribution in [0.25, 0.3) is 0 Å². The van der Waals surface area contributed by atoms with E-state index in [1.54, 1.807) is 13.8 Å². The molecule has 86 valence electrons. The number of carboxylic acid groups (broad SMARTS) is 1. The molecule has 6 heteroatoms. The lowest BCUT2D eigenvalue weighted by molar-refractivity contribution is -0.138. The van der Waals surface area contributed by atoms with E-state index < -0.39 is 17.9 Å². The summed E-state index contributed by atoms with van der Waals surface area (Å²) in [7, 11) is 0. The number of hydrogen-bond acceptors (Lipinski definition) is 3. The molecule has 0 aliphatic carbocycles. The van der Waals surface area contributed by atoms with Gasteiger partial charge in [-0.25, -0.2) is 0 Å². The normalized spacial score (nSPS) is 12.2. The summed E-state index contributed by atoms with van der Waals surface area (Å²) in [6.07, 6.45) is -0.185. The predicted octanol–water partition coefficient (Wildman–Crippen LogP) is -0.523. The Morgan fingerprint density at radius 1 is 1.33 bits per heavy atom. The zero-order valence-corrected chi connectivity index (χ0v) is 8.82.